The van der Waals surface area contributed by atoms with Crippen LogP contribution < -0.4 is 0 Å². The SMILES string of the molecule is O=C=C/C=C/c1ccco1. The van der Waals surface area contributed by atoms with Crippen molar-refractivity contribution in [3.8, 4) is 0 Å². The van der Waals surface area contributed by atoms with Gasteiger partial charge in [0, 0.05) is 6.08 Å². The fraction of sp³-hybridized carbons (Fsp3) is 0. The Morgan fingerprint density at radius 2 is 2.50 bits per heavy atom. The lowest BCUT2D eigenvalue weighted by atomic mass is 10.4. The van der Waals surface area contributed by atoms with Crippen LogP contribution >= 0.6 is 0 Å². The van der Waals surface area contributed by atoms with Crippen LogP contribution in [0, 0.1) is 0 Å². The van der Waals surface area contributed by atoms with Gasteiger partial charge in [0.2, 0.25) is 0 Å². The summed E-state index contributed by atoms with van der Waals surface area (Å²) in [7, 11) is 0. The van der Waals surface area contributed by atoms with E-state index in [9.17, 15) is 4.79 Å². The van der Waals surface area contributed by atoms with Crippen molar-refractivity contribution in [2.24, 2.45) is 0 Å². The monoisotopic (exact) mass is 134 g/mol. The number of furan rings is 1. The van der Waals surface area contributed by atoms with Gasteiger partial charge in [-0.3, -0.25) is 0 Å². The first-order valence-electron chi connectivity index (χ1n) is 2.84. The average molecular weight is 134 g/mol. The van der Waals surface area contributed by atoms with Crippen molar-refractivity contribution < 1.29 is 9.21 Å². The van der Waals surface area contributed by atoms with E-state index < -0.39 is 0 Å². The van der Waals surface area contributed by atoms with Gasteiger partial charge in [-0.2, -0.15) is 0 Å². The first kappa shape index (κ1) is 6.59. The maximum absolute atomic E-state index is 9.67. The van der Waals surface area contributed by atoms with Crippen LogP contribution in [0.4, 0.5) is 0 Å². The Kier molecular flexibility index (Phi) is 2.30. The lowest BCUT2D eigenvalue weighted by molar-refractivity contribution is 0.557. The molecule has 0 fully saturated rings. The smallest absolute Gasteiger partial charge is 0.126 e. The topological polar surface area (TPSA) is 30.2 Å². The van der Waals surface area contributed by atoms with Crippen molar-refractivity contribution in [1.82, 2.24) is 0 Å². The van der Waals surface area contributed by atoms with E-state index in [-0.39, 0.29) is 0 Å². The van der Waals surface area contributed by atoms with Gasteiger partial charge in [-0.15, -0.1) is 0 Å². The van der Waals surface area contributed by atoms with Crippen LogP contribution in [0.2, 0.25) is 0 Å². The molecule has 0 unspecified atom stereocenters. The maximum Gasteiger partial charge on any atom is 0.126 e. The van der Waals surface area contributed by atoms with Crippen molar-refractivity contribution in [3.05, 3.63) is 36.3 Å². The van der Waals surface area contributed by atoms with Crippen LogP contribution in [0.25, 0.3) is 6.08 Å². The second kappa shape index (κ2) is 3.49. The Hall–Kier alpha value is -1.53. The number of hydrogen-bond donors (Lipinski definition) is 0. The molecule has 10 heavy (non-hydrogen) atoms. The van der Waals surface area contributed by atoms with Gasteiger partial charge in [0.05, 0.1) is 6.26 Å². The molecule has 0 aliphatic rings. The summed E-state index contributed by atoms with van der Waals surface area (Å²) < 4.78 is 4.94. The lowest BCUT2D eigenvalue weighted by Gasteiger charge is -1.76. The molecule has 1 heterocycles. The van der Waals surface area contributed by atoms with Crippen LogP contribution in [0.5, 0.6) is 0 Å². The Balaban J connectivity index is 2.63. The van der Waals surface area contributed by atoms with Gasteiger partial charge in [-0.25, -0.2) is 4.79 Å². The summed E-state index contributed by atoms with van der Waals surface area (Å²) >= 11 is 0. The molecule has 0 saturated carbocycles. The molecular weight excluding hydrogens is 128 g/mol. The van der Waals surface area contributed by atoms with E-state index in [2.05, 4.69) is 0 Å². The molecule has 0 N–H and O–H groups in total. The molecular formula is C8H6O2. The molecule has 0 spiro atoms. The predicted molar refractivity (Wildman–Crippen MR) is 38.0 cm³/mol. The molecule has 50 valence electrons. The highest BCUT2D eigenvalue weighted by Crippen LogP contribution is 2.01. The molecule has 1 rings (SSSR count). The Morgan fingerprint density at radius 3 is 3.10 bits per heavy atom. The summed E-state index contributed by atoms with van der Waals surface area (Å²) in [6, 6.07) is 3.58. The minimum atomic E-state index is 0.728. The van der Waals surface area contributed by atoms with E-state index in [1.165, 1.54) is 6.08 Å². The molecule has 0 aromatic carbocycles. The normalized spacial score (nSPS) is 9.60. The van der Waals surface area contributed by atoms with E-state index in [1.54, 1.807) is 36.5 Å². The summed E-state index contributed by atoms with van der Waals surface area (Å²) in [6.07, 6.45) is 6.11. The van der Waals surface area contributed by atoms with Crippen LogP contribution in [0.3, 0.4) is 0 Å². The average Bonchev–Trinajstić information content (AvgIpc) is 2.41. The zero-order chi connectivity index (χ0) is 7.23. The highest BCUT2D eigenvalue weighted by Gasteiger charge is 1.83. The van der Waals surface area contributed by atoms with Crippen molar-refractivity contribution in [3.63, 3.8) is 0 Å². The van der Waals surface area contributed by atoms with Crippen molar-refractivity contribution in [2.45, 2.75) is 0 Å². The Bertz CT molecular complexity index is 251. The predicted octanol–water partition coefficient (Wildman–Crippen LogP) is 1.68. The first-order chi connectivity index (χ1) is 4.93. The van der Waals surface area contributed by atoms with Gasteiger partial charge >= 0.3 is 0 Å². The van der Waals surface area contributed by atoms with Gasteiger partial charge in [0.25, 0.3) is 0 Å². The second-order valence-electron chi connectivity index (χ2n) is 1.66. The lowest BCUT2D eigenvalue weighted by Crippen LogP contribution is -1.57. The van der Waals surface area contributed by atoms with E-state index in [1.807, 2.05) is 0 Å². The van der Waals surface area contributed by atoms with Crippen LogP contribution in [0.15, 0.2) is 35.0 Å². The van der Waals surface area contributed by atoms with E-state index in [4.69, 9.17) is 4.42 Å². The zero-order valence-corrected chi connectivity index (χ0v) is 5.28. The van der Waals surface area contributed by atoms with E-state index in [0.717, 1.165) is 5.76 Å². The number of carbonyl (C=O) groups excluding carboxylic acids is 1. The fourth-order valence-electron chi connectivity index (χ4n) is 0.568. The van der Waals surface area contributed by atoms with Gasteiger partial charge < -0.3 is 4.42 Å². The zero-order valence-electron chi connectivity index (χ0n) is 5.28. The molecule has 2 nitrogen and oxygen atoms in total. The van der Waals surface area contributed by atoms with Gasteiger partial charge in [-0.1, -0.05) is 0 Å². The highest BCUT2D eigenvalue weighted by atomic mass is 16.3. The van der Waals surface area contributed by atoms with Crippen LogP contribution in [-0.4, -0.2) is 5.94 Å². The molecule has 0 saturated heterocycles. The number of allylic oxidation sites excluding steroid dienone is 2. The highest BCUT2D eigenvalue weighted by molar-refractivity contribution is 5.55. The summed E-state index contributed by atoms with van der Waals surface area (Å²) in [6.45, 7) is 0. The Labute approximate surface area is 58.5 Å². The quantitative estimate of drug-likeness (QED) is 0.455. The van der Waals surface area contributed by atoms with Gasteiger partial charge in [-0.05, 0) is 24.3 Å². The summed E-state index contributed by atoms with van der Waals surface area (Å²) in [5.74, 6) is 2.35. The minimum Gasteiger partial charge on any atom is -0.465 e. The summed E-state index contributed by atoms with van der Waals surface area (Å²) in [5.41, 5.74) is 0. The van der Waals surface area contributed by atoms with Crippen molar-refractivity contribution >= 4 is 12.0 Å². The molecule has 1 aromatic rings. The van der Waals surface area contributed by atoms with Crippen LogP contribution in [-0.2, 0) is 4.79 Å². The third kappa shape index (κ3) is 1.77. The van der Waals surface area contributed by atoms with Gasteiger partial charge in [0.1, 0.15) is 11.7 Å². The second-order valence-corrected chi connectivity index (χ2v) is 1.66. The third-order valence-corrected chi connectivity index (χ3v) is 0.968. The van der Waals surface area contributed by atoms with Gasteiger partial charge in [0.15, 0.2) is 0 Å². The molecule has 1 aromatic heterocycles. The molecule has 0 bridgehead atoms. The standard InChI is InChI=1S/C8H6O2/c9-6-2-1-4-8-5-3-7-10-8/h1-5,7H/b4-1+. The van der Waals surface area contributed by atoms with Crippen LogP contribution in [0.1, 0.15) is 5.76 Å². The number of hydrogen-bond acceptors (Lipinski definition) is 2. The van der Waals surface area contributed by atoms with E-state index >= 15 is 0 Å². The summed E-state index contributed by atoms with van der Waals surface area (Å²) in [5, 5.41) is 0. The van der Waals surface area contributed by atoms with Crippen molar-refractivity contribution in [1.29, 1.82) is 0 Å². The maximum atomic E-state index is 9.67. The first-order valence-corrected chi connectivity index (χ1v) is 2.84. The Morgan fingerprint density at radius 1 is 1.60 bits per heavy atom. The largest absolute Gasteiger partial charge is 0.465 e. The molecule has 0 aliphatic heterocycles. The number of rotatable bonds is 2. The molecule has 0 radical (unpaired) electrons. The van der Waals surface area contributed by atoms with Crippen molar-refractivity contribution in [2.75, 3.05) is 0 Å². The fourth-order valence-corrected chi connectivity index (χ4v) is 0.568. The minimum absolute atomic E-state index is 0.728. The molecule has 0 atom stereocenters. The van der Waals surface area contributed by atoms with E-state index in [0.29, 0.717) is 0 Å². The third-order valence-electron chi connectivity index (χ3n) is 0.968. The molecule has 2 heteroatoms. The molecule has 0 aliphatic carbocycles. The molecule has 0 amide bonds. The summed E-state index contributed by atoms with van der Waals surface area (Å²) in [4.78, 5) is 9.67.